The molecule has 98 valence electrons. The summed E-state index contributed by atoms with van der Waals surface area (Å²) >= 11 is 6.08. The summed E-state index contributed by atoms with van der Waals surface area (Å²) in [7, 11) is 1.64. The van der Waals surface area contributed by atoms with Crippen molar-refractivity contribution in [3.05, 3.63) is 34.3 Å². The minimum absolute atomic E-state index is 0.0547. The Labute approximate surface area is 111 Å². The second kappa shape index (κ2) is 6.40. The Morgan fingerprint density at radius 3 is 2.67 bits per heavy atom. The number of carboxylic acids is 1. The van der Waals surface area contributed by atoms with Gasteiger partial charge >= 0.3 is 5.97 Å². The van der Waals surface area contributed by atoms with Gasteiger partial charge in [-0.15, -0.1) is 0 Å². The van der Waals surface area contributed by atoms with Gasteiger partial charge in [0.25, 0.3) is 5.91 Å². The van der Waals surface area contributed by atoms with E-state index in [9.17, 15) is 9.59 Å². The van der Waals surface area contributed by atoms with E-state index >= 15 is 0 Å². The first kappa shape index (κ1) is 14.5. The van der Waals surface area contributed by atoms with Crippen LogP contribution in [0, 0.1) is 6.92 Å². The van der Waals surface area contributed by atoms with Gasteiger partial charge in [0.15, 0.2) is 0 Å². The average molecular weight is 270 g/mol. The molecular weight excluding hydrogens is 254 g/mol. The first-order chi connectivity index (χ1) is 8.43. The maximum Gasteiger partial charge on any atom is 0.303 e. The highest BCUT2D eigenvalue weighted by Gasteiger charge is 2.15. The second-order valence-electron chi connectivity index (χ2n) is 4.16. The van der Waals surface area contributed by atoms with Crippen LogP contribution in [0.1, 0.15) is 28.8 Å². The Bertz CT molecular complexity index is 460. The SMILES string of the molecule is Cc1cccc(C(=O)N(C)CCCC(=O)O)c1Cl. The third-order valence-electron chi connectivity index (χ3n) is 2.65. The van der Waals surface area contributed by atoms with Crippen molar-refractivity contribution in [1.82, 2.24) is 4.90 Å². The third-order valence-corrected chi connectivity index (χ3v) is 3.15. The van der Waals surface area contributed by atoms with Crippen LogP contribution in [0.5, 0.6) is 0 Å². The highest BCUT2D eigenvalue weighted by molar-refractivity contribution is 6.34. The summed E-state index contributed by atoms with van der Waals surface area (Å²) in [5.41, 5.74) is 1.30. The molecule has 4 nitrogen and oxygen atoms in total. The lowest BCUT2D eigenvalue weighted by Gasteiger charge is -2.17. The van der Waals surface area contributed by atoms with Crippen molar-refractivity contribution < 1.29 is 14.7 Å². The lowest BCUT2D eigenvalue weighted by atomic mass is 10.1. The molecule has 18 heavy (non-hydrogen) atoms. The Morgan fingerprint density at radius 2 is 2.06 bits per heavy atom. The molecule has 0 radical (unpaired) electrons. The quantitative estimate of drug-likeness (QED) is 0.894. The first-order valence-corrected chi connectivity index (χ1v) is 6.03. The summed E-state index contributed by atoms with van der Waals surface area (Å²) in [6.07, 6.45) is 0.486. The second-order valence-corrected chi connectivity index (χ2v) is 4.54. The summed E-state index contributed by atoms with van der Waals surface area (Å²) < 4.78 is 0. The van der Waals surface area contributed by atoms with Crippen LogP contribution >= 0.6 is 11.6 Å². The monoisotopic (exact) mass is 269 g/mol. The number of carboxylic acid groups (broad SMARTS) is 1. The van der Waals surface area contributed by atoms with Gasteiger partial charge in [-0.2, -0.15) is 0 Å². The van der Waals surface area contributed by atoms with E-state index in [4.69, 9.17) is 16.7 Å². The van der Waals surface area contributed by atoms with E-state index in [0.717, 1.165) is 5.56 Å². The molecule has 0 aromatic heterocycles. The number of carbonyl (C=O) groups is 2. The van der Waals surface area contributed by atoms with Crippen molar-refractivity contribution >= 4 is 23.5 Å². The van der Waals surface area contributed by atoms with Crippen molar-refractivity contribution in [2.75, 3.05) is 13.6 Å². The summed E-state index contributed by atoms with van der Waals surface area (Å²) in [6.45, 7) is 2.24. The molecule has 1 N–H and O–H groups in total. The largest absolute Gasteiger partial charge is 0.481 e. The van der Waals surface area contributed by atoms with Gasteiger partial charge in [0.05, 0.1) is 10.6 Å². The van der Waals surface area contributed by atoms with Gasteiger partial charge in [0.2, 0.25) is 0 Å². The molecule has 0 saturated heterocycles. The number of hydrogen-bond donors (Lipinski definition) is 1. The molecule has 1 aromatic rings. The van der Waals surface area contributed by atoms with Crippen molar-refractivity contribution in [1.29, 1.82) is 0 Å². The molecule has 0 atom stereocenters. The minimum Gasteiger partial charge on any atom is -0.481 e. The van der Waals surface area contributed by atoms with Crippen molar-refractivity contribution in [3.63, 3.8) is 0 Å². The van der Waals surface area contributed by atoms with Crippen LogP contribution < -0.4 is 0 Å². The first-order valence-electron chi connectivity index (χ1n) is 5.66. The Morgan fingerprint density at radius 1 is 1.39 bits per heavy atom. The molecule has 1 rings (SSSR count). The van der Waals surface area contributed by atoms with Crippen LogP contribution in [0.3, 0.4) is 0 Å². The van der Waals surface area contributed by atoms with E-state index in [0.29, 0.717) is 23.6 Å². The summed E-state index contributed by atoms with van der Waals surface area (Å²) in [4.78, 5) is 24.0. The van der Waals surface area contributed by atoms with E-state index in [2.05, 4.69) is 0 Å². The molecule has 0 bridgehead atoms. The fraction of sp³-hybridized carbons (Fsp3) is 0.385. The molecule has 0 spiro atoms. The molecule has 0 unspecified atom stereocenters. The highest BCUT2D eigenvalue weighted by Crippen LogP contribution is 2.21. The Kier molecular flexibility index (Phi) is 5.16. The zero-order valence-electron chi connectivity index (χ0n) is 10.4. The number of benzene rings is 1. The number of aliphatic carboxylic acids is 1. The van der Waals surface area contributed by atoms with Gasteiger partial charge in [-0.1, -0.05) is 23.7 Å². The van der Waals surface area contributed by atoms with E-state index in [1.807, 2.05) is 13.0 Å². The molecule has 0 heterocycles. The average Bonchev–Trinajstić information content (AvgIpc) is 2.31. The standard InChI is InChI=1S/C13H16ClNO3/c1-9-5-3-6-10(12(9)14)13(18)15(2)8-4-7-11(16)17/h3,5-6H,4,7-8H2,1-2H3,(H,16,17). The van der Waals surface area contributed by atoms with Crippen molar-refractivity contribution in [2.45, 2.75) is 19.8 Å². The zero-order chi connectivity index (χ0) is 13.7. The number of amides is 1. The smallest absolute Gasteiger partial charge is 0.303 e. The maximum atomic E-state index is 12.1. The van der Waals surface area contributed by atoms with Gasteiger partial charge in [-0.3, -0.25) is 9.59 Å². The predicted molar refractivity (Wildman–Crippen MR) is 70.0 cm³/mol. The van der Waals surface area contributed by atoms with Crippen LogP contribution in [0.15, 0.2) is 18.2 Å². The Hall–Kier alpha value is -1.55. The van der Waals surface area contributed by atoms with E-state index in [1.165, 1.54) is 4.90 Å². The normalized spacial score (nSPS) is 10.2. The van der Waals surface area contributed by atoms with Crippen LogP contribution in [0.2, 0.25) is 5.02 Å². The fourth-order valence-corrected chi connectivity index (χ4v) is 1.79. The number of nitrogens with zero attached hydrogens (tertiary/aromatic N) is 1. The molecule has 1 aromatic carbocycles. The number of halogens is 1. The molecular formula is C13H16ClNO3. The Balaban J connectivity index is 2.69. The van der Waals surface area contributed by atoms with E-state index < -0.39 is 5.97 Å². The fourth-order valence-electron chi connectivity index (χ4n) is 1.59. The van der Waals surface area contributed by atoms with E-state index in [-0.39, 0.29) is 12.3 Å². The summed E-state index contributed by atoms with van der Waals surface area (Å²) in [6, 6.07) is 5.29. The molecule has 0 aliphatic rings. The van der Waals surface area contributed by atoms with Crippen LogP contribution in [0.25, 0.3) is 0 Å². The molecule has 0 aliphatic heterocycles. The topological polar surface area (TPSA) is 57.6 Å². The molecule has 0 fully saturated rings. The maximum absolute atomic E-state index is 12.1. The third kappa shape index (κ3) is 3.74. The lowest BCUT2D eigenvalue weighted by molar-refractivity contribution is -0.137. The molecule has 1 amide bonds. The minimum atomic E-state index is -0.857. The lowest BCUT2D eigenvalue weighted by Crippen LogP contribution is -2.28. The molecule has 0 saturated carbocycles. The van der Waals surface area contributed by atoms with Crippen molar-refractivity contribution in [3.8, 4) is 0 Å². The number of rotatable bonds is 5. The van der Waals surface area contributed by atoms with Gasteiger partial charge in [-0.05, 0) is 25.0 Å². The van der Waals surface area contributed by atoms with Gasteiger partial charge in [0, 0.05) is 20.0 Å². The van der Waals surface area contributed by atoms with Gasteiger partial charge < -0.3 is 10.0 Å². The molecule has 5 heteroatoms. The van der Waals surface area contributed by atoms with Crippen LogP contribution in [0.4, 0.5) is 0 Å². The summed E-state index contributed by atoms with van der Waals surface area (Å²) in [5, 5.41) is 8.99. The van der Waals surface area contributed by atoms with Gasteiger partial charge in [-0.25, -0.2) is 0 Å². The highest BCUT2D eigenvalue weighted by atomic mass is 35.5. The van der Waals surface area contributed by atoms with Gasteiger partial charge in [0.1, 0.15) is 0 Å². The van der Waals surface area contributed by atoms with E-state index in [1.54, 1.807) is 19.2 Å². The zero-order valence-corrected chi connectivity index (χ0v) is 11.2. The van der Waals surface area contributed by atoms with Crippen LogP contribution in [-0.2, 0) is 4.79 Å². The predicted octanol–water partition coefficient (Wildman–Crippen LogP) is 2.59. The van der Waals surface area contributed by atoms with Crippen LogP contribution in [-0.4, -0.2) is 35.5 Å². The number of hydrogen-bond acceptors (Lipinski definition) is 2. The number of aryl methyl sites for hydroxylation is 1. The van der Waals surface area contributed by atoms with Crippen molar-refractivity contribution in [2.24, 2.45) is 0 Å². The molecule has 0 aliphatic carbocycles. The number of carbonyl (C=O) groups excluding carboxylic acids is 1. The summed E-state index contributed by atoms with van der Waals surface area (Å²) in [5.74, 6) is -1.04.